The third-order valence-electron chi connectivity index (χ3n) is 2.30. The summed E-state index contributed by atoms with van der Waals surface area (Å²) >= 11 is 0. The molecule has 1 aromatic carbocycles. The number of carbonyl (C=O) groups is 1. The van der Waals surface area contributed by atoms with E-state index < -0.39 is 6.10 Å². The van der Waals surface area contributed by atoms with E-state index in [0.717, 1.165) is 0 Å². The number of hydrogen-bond donors (Lipinski definition) is 2. The van der Waals surface area contributed by atoms with Crippen LogP contribution in [0.1, 0.15) is 13.8 Å². The molecule has 0 radical (unpaired) electrons. The first-order valence-corrected chi connectivity index (χ1v) is 5.44. The molecule has 0 aliphatic rings. The molecule has 3 N–H and O–H groups in total. The van der Waals surface area contributed by atoms with Gasteiger partial charge in [-0.2, -0.15) is 0 Å². The third kappa shape index (κ3) is 3.64. The van der Waals surface area contributed by atoms with Gasteiger partial charge in [0, 0.05) is 12.7 Å². The van der Waals surface area contributed by atoms with Gasteiger partial charge >= 0.3 is 0 Å². The Labute approximate surface area is 101 Å². The van der Waals surface area contributed by atoms with E-state index in [2.05, 4.69) is 5.32 Å². The number of methoxy groups -OCH3 is 1. The molecule has 0 aliphatic carbocycles. The molecular weight excluding hydrogens is 220 g/mol. The molecule has 1 unspecified atom stereocenters. The minimum Gasteiger partial charge on any atom is -0.497 e. The minimum atomic E-state index is -0.499. The zero-order valence-corrected chi connectivity index (χ0v) is 10.3. The van der Waals surface area contributed by atoms with Gasteiger partial charge in [-0.25, -0.2) is 0 Å². The van der Waals surface area contributed by atoms with Crippen LogP contribution in [0.2, 0.25) is 0 Å². The van der Waals surface area contributed by atoms with Gasteiger partial charge in [-0.3, -0.25) is 4.79 Å². The fraction of sp³-hybridized carbons (Fsp3) is 0.417. The second-order valence-corrected chi connectivity index (χ2v) is 3.54. The van der Waals surface area contributed by atoms with Crippen LogP contribution in [-0.4, -0.2) is 25.7 Å². The quantitative estimate of drug-likeness (QED) is 0.765. The largest absolute Gasteiger partial charge is 0.497 e. The zero-order valence-electron chi connectivity index (χ0n) is 10.3. The average Bonchev–Trinajstić information content (AvgIpc) is 2.31. The van der Waals surface area contributed by atoms with Gasteiger partial charge in [0.15, 0.2) is 0 Å². The van der Waals surface area contributed by atoms with Crippen molar-refractivity contribution >= 4 is 17.3 Å². The molecule has 0 saturated heterocycles. The molecule has 1 atom stereocenters. The van der Waals surface area contributed by atoms with E-state index in [1.807, 2.05) is 6.92 Å². The fourth-order valence-corrected chi connectivity index (χ4v) is 1.34. The summed E-state index contributed by atoms with van der Waals surface area (Å²) in [5, 5.41) is 2.70. The molecule has 1 aromatic rings. The summed E-state index contributed by atoms with van der Waals surface area (Å²) in [6.07, 6.45) is -0.499. The number of ether oxygens (including phenoxy) is 2. The van der Waals surface area contributed by atoms with Gasteiger partial charge in [0.05, 0.1) is 18.5 Å². The Morgan fingerprint density at radius 3 is 2.76 bits per heavy atom. The average molecular weight is 238 g/mol. The van der Waals surface area contributed by atoms with E-state index >= 15 is 0 Å². The van der Waals surface area contributed by atoms with Gasteiger partial charge in [0.2, 0.25) is 0 Å². The van der Waals surface area contributed by atoms with E-state index in [4.69, 9.17) is 15.2 Å². The predicted octanol–water partition coefficient (Wildman–Crippen LogP) is 1.64. The molecule has 94 valence electrons. The number of benzene rings is 1. The van der Waals surface area contributed by atoms with Gasteiger partial charge in [-0.05, 0) is 26.0 Å². The van der Waals surface area contributed by atoms with Gasteiger partial charge in [0.1, 0.15) is 11.9 Å². The van der Waals surface area contributed by atoms with Crippen LogP contribution >= 0.6 is 0 Å². The number of nitrogens with two attached hydrogens (primary N) is 1. The number of anilines is 2. The lowest BCUT2D eigenvalue weighted by atomic mass is 10.2. The van der Waals surface area contributed by atoms with Crippen LogP contribution < -0.4 is 15.8 Å². The first kappa shape index (κ1) is 13.3. The van der Waals surface area contributed by atoms with Crippen LogP contribution in [0.3, 0.4) is 0 Å². The maximum atomic E-state index is 11.7. The van der Waals surface area contributed by atoms with Crippen LogP contribution in [0.4, 0.5) is 11.4 Å². The van der Waals surface area contributed by atoms with Gasteiger partial charge < -0.3 is 20.5 Å². The highest BCUT2D eigenvalue weighted by Gasteiger charge is 2.13. The van der Waals surface area contributed by atoms with E-state index in [1.54, 1.807) is 32.2 Å². The predicted molar refractivity (Wildman–Crippen MR) is 67.1 cm³/mol. The Balaban J connectivity index is 2.71. The maximum Gasteiger partial charge on any atom is 0.253 e. The summed E-state index contributed by atoms with van der Waals surface area (Å²) < 4.78 is 10.2. The first-order valence-electron chi connectivity index (χ1n) is 5.44. The Kier molecular flexibility index (Phi) is 4.78. The highest BCUT2D eigenvalue weighted by atomic mass is 16.5. The molecule has 0 fully saturated rings. The van der Waals surface area contributed by atoms with E-state index in [0.29, 0.717) is 23.7 Å². The summed E-state index contributed by atoms with van der Waals surface area (Å²) in [5.74, 6) is 0.432. The summed E-state index contributed by atoms with van der Waals surface area (Å²) in [6.45, 7) is 4.02. The van der Waals surface area contributed by atoms with Crippen molar-refractivity contribution in [2.24, 2.45) is 0 Å². The normalized spacial score (nSPS) is 11.9. The van der Waals surface area contributed by atoms with Crippen molar-refractivity contribution in [2.75, 3.05) is 24.8 Å². The number of rotatable bonds is 5. The third-order valence-corrected chi connectivity index (χ3v) is 2.30. The summed E-state index contributed by atoms with van der Waals surface area (Å²) in [6, 6.07) is 5.09. The summed E-state index contributed by atoms with van der Waals surface area (Å²) in [4.78, 5) is 11.7. The number of nitrogens with one attached hydrogen (secondary N) is 1. The smallest absolute Gasteiger partial charge is 0.253 e. The molecule has 0 spiro atoms. The SMILES string of the molecule is CCOC(C)C(=O)Nc1ccc(OC)cc1N. The van der Waals surface area contributed by atoms with Crippen LogP contribution in [0.15, 0.2) is 18.2 Å². The highest BCUT2D eigenvalue weighted by molar-refractivity contribution is 5.96. The molecule has 0 saturated carbocycles. The highest BCUT2D eigenvalue weighted by Crippen LogP contribution is 2.24. The van der Waals surface area contributed by atoms with Crippen molar-refractivity contribution in [3.05, 3.63) is 18.2 Å². The molecule has 5 nitrogen and oxygen atoms in total. The molecule has 0 heterocycles. The molecular formula is C12H18N2O3. The Hall–Kier alpha value is -1.75. The van der Waals surface area contributed by atoms with Crippen molar-refractivity contribution in [3.8, 4) is 5.75 Å². The van der Waals surface area contributed by atoms with Crippen LogP contribution in [0, 0.1) is 0 Å². The van der Waals surface area contributed by atoms with E-state index in [9.17, 15) is 4.79 Å². The fourth-order valence-electron chi connectivity index (χ4n) is 1.34. The second-order valence-electron chi connectivity index (χ2n) is 3.54. The van der Waals surface area contributed by atoms with Crippen molar-refractivity contribution in [1.82, 2.24) is 0 Å². The molecule has 0 bridgehead atoms. The Morgan fingerprint density at radius 1 is 1.53 bits per heavy atom. The molecule has 1 rings (SSSR count). The van der Waals surface area contributed by atoms with Crippen LogP contribution in [0.5, 0.6) is 5.75 Å². The number of amides is 1. The Morgan fingerprint density at radius 2 is 2.24 bits per heavy atom. The zero-order chi connectivity index (χ0) is 12.8. The Bertz CT molecular complexity index is 393. The number of carbonyl (C=O) groups excluding carboxylic acids is 1. The number of hydrogen-bond acceptors (Lipinski definition) is 4. The first-order chi connectivity index (χ1) is 8.08. The summed E-state index contributed by atoms with van der Waals surface area (Å²) in [5.41, 5.74) is 6.80. The molecule has 17 heavy (non-hydrogen) atoms. The molecule has 5 heteroatoms. The molecule has 0 aromatic heterocycles. The van der Waals surface area contributed by atoms with Crippen LogP contribution in [0.25, 0.3) is 0 Å². The maximum absolute atomic E-state index is 11.7. The van der Waals surface area contributed by atoms with E-state index in [1.165, 1.54) is 0 Å². The van der Waals surface area contributed by atoms with Gasteiger partial charge in [-0.15, -0.1) is 0 Å². The van der Waals surface area contributed by atoms with Crippen molar-refractivity contribution in [1.29, 1.82) is 0 Å². The van der Waals surface area contributed by atoms with Crippen LogP contribution in [-0.2, 0) is 9.53 Å². The van der Waals surface area contributed by atoms with Crippen molar-refractivity contribution in [3.63, 3.8) is 0 Å². The number of nitrogen functional groups attached to an aromatic ring is 1. The lowest BCUT2D eigenvalue weighted by molar-refractivity contribution is -0.126. The van der Waals surface area contributed by atoms with Gasteiger partial charge in [0.25, 0.3) is 5.91 Å². The molecule has 1 amide bonds. The lowest BCUT2D eigenvalue weighted by Crippen LogP contribution is -2.28. The topological polar surface area (TPSA) is 73.6 Å². The van der Waals surface area contributed by atoms with Crippen molar-refractivity contribution in [2.45, 2.75) is 20.0 Å². The van der Waals surface area contributed by atoms with Crippen molar-refractivity contribution < 1.29 is 14.3 Å². The lowest BCUT2D eigenvalue weighted by Gasteiger charge is -2.13. The minimum absolute atomic E-state index is 0.219. The second kappa shape index (κ2) is 6.10. The standard InChI is InChI=1S/C12H18N2O3/c1-4-17-8(2)12(15)14-11-6-5-9(16-3)7-10(11)13/h5-8H,4,13H2,1-3H3,(H,14,15). The monoisotopic (exact) mass is 238 g/mol. The van der Waals surface area contributed by atoms with E-state index in [-0.39, 0.29) is 5.91 Å². The summed E-state index contributed by atoms with van der Waals surface area (Å²) in [7, 11) is 1.56. The molecule has 0 aliphatic heterocycles. The van der Waals surface area contributed by atoms with Gasteiger partial charge in [-0.1, -0.05) is 0 Å².